The van der Waals surface area contributed by atoms with Crippen LogP contribution < -0.4 is 0 Å². The van der Waals surface area contributed by atoms with Crippen molar-refractivity contribution in [2.24, 2.45) is 0 Å². The summed E-state index contributed by atoms with van der Waals surface area (Å²) in [7, 11) is 0. The topological polar surface area (TPSA) is 21.1 Å². The highest BCUT2D eigenvalue weighted by atomic mass is 35.5. The predicted octanol–water partition coefficient (Wildman–Crippen LogP) is 2.11. The van der Waals surface area contributed by atoms with E-state index >= 15 is 0 Å². The maximum atomic E-state index is 6.07. The van der Waals surface area contributed by atoms with E-state index in [1.54, 1.807) is 0 Å². The maximum absolute atomic E-state index is 6.07. The van der Waals surface area contributed by atoms with Crippen LogP contribution in [0.25, 0.3) is 0 Å². The first-order chi connectivity index (χ1) is 7.28. The second-order valence-electron chi connectivity index (χ2n) is 4.16. The summed E-state index contributed by atoms with van der Waals surface area (Å²) in [6, 6.07) is 0. The van der Waals surface area contributed by atoms with E-state index in [0.717, 1.165) is 39.0 Å². The fourth-order valence-electron chi connectivity index (χ4n) is 1.98. The Morgan fingerprint density at radius 1 is 1.47 bits per heavy atom. The van der Waals surface area contributed by atoms with Crippen LogP contribution in [0.4, 0.5) is 0 Å². The molecule has 0 unspecified atom stereocenters. The van der Waals surface area contributed by atoms with Crippen LogP contribution in [0.15, 0.2) is 12.4 Å². The molecular weight excluding hydrogens is 210 g/mol. The quantitative estimate of drug-likeness (QED) is 0.738. The minimum atomic E-state index is 0.389. The zero-order chi connectivity index (χ0) is 10.7. The van der Waals surface area contributed by atoms with Crippen molar-refractivity contribution in [3.05, 3.63) is 18.0 Å². The number of likely N-dealkylation sites (tertiary alicyclic amines) is 1. The lowest BCUT2D eigenvalue weighted by atomic mass is 10.1. The Morgan fingerprint density at radius 3 is 2.80 bits per heavy atom. The van der Waals surface area contributed by atoms with Gasteiger partial charge >= 0.3 is 0 Å². The van der Waals surface area contributed by atoms with Crippen molar-refractivity contribution in [3.8, 4) is 0 Å². The first-order valence-corrected chi connectivity index (χ1v) is 6.09. The average molecular weight is 228 g/mol. The van der Waals surface area contributed by atoms with Gasteiger partial charge in [0.1, 0.15) is 0 Å². The van der Waals surface area contributed by atoms with E-state index in [1.807, 2.05) is 10.9 Å². The normalized spacial score (nSPS) is 19.6. The molecule has 3 nitrogen and oxygen atoms in total. The summed E-state index contributed by atoms with van der Waals surface area (Å²) >= 11 is 6.07. The highest BCUT2D eigenvalue weighted by Crippen LogP contribution is 2.17. The summed E-state index contributed by atoms with van der Waals surface area (Å²) < 4.78 is 1.98. The molecule has 0 aromatic carbocycles. The van der Waals surface area contributed by atoms with Gasteiger partial charge in [-0.05, 0) is 32.9 Å². The van der Waals surface area contributed by atoms with Gasteiger partial charge in [-0.15, -0.1) is 11.6 Å². The van der Waals surface area contributed by atoms with Gasteiger partial charge in [0.15, 0.2) is 0 Å². The molecule has 0 radical (unpaired) electrons. The predicted molar refractivity (Wildman–Crippen MR) is 62.1 cm³/mol. The lowest BCUT2D eigenvalue weighted by molar-refractivity contribution is 0.223. The van der Waals surface area contributed by atoms with Crippen molar-refractivity contribution in [1.82, 2.24) is 14.7 Å². The van der Waals surface area contributed by atoms with Crippen LogP contribution in [0.1, 0.15) is 25.3 Å². The maximum Gasteiger partial charge on any atom is 0.0534 e. The van der Waals surface area contributed by atoms with Crippen molar-refractivity contribution in [2.75, 3.05) is 13.1 Å². The molecule has 1 aromatic heterocycles. The molecule has 4 heteroatoms. The number of piperidine rings is 1. The zero-order valence-electron chi connectivity index (χ0n) is 9.19. The fourth-order valence-corrected chi connectivity index (χ4v) is 2.17. The molecule has 0 spiro atoms. The Morgan fingerprint density at radius 2 is 2.20 bits per heavy atom. The van der Waals surface area contributed by atoms with Crippen molar-refractivity contribution in [2.45, 2.75) is 38.2 Å². The smallest absolute Gasteiger partial charge is 0.0534 e. The molecule has 0 amide bonds. The monoisotopic (exact) mass is 227 g/mol. The summed E-state index contributed by atoms with van der Waals surface area (Å²) in [5, 5.41) is 4.67. The SMILES string of the molecule is CCn1cc(CN2CCC(Cl)CC2)cn1. The van der Waals surface area contributed by atoms with Crippen LogP contribution >= 0.6 is 11.6 Å². The molecule has 1 saturated heterocycles. The van der Waals surface area contributed by atoms with Gasteiger partial charge in [0.05, 0.1) is 6.20 Å². The number of aromatic nitrogens is 2. The molecule has 0 saturated carbocycles. The van der Waals surface area contributed by atoms with Crippen LogP contribution in [0, 0.1) is 0 Å². The highest BCUT2D eigenvalue weighted by molar-refractivity contribution is 6.20. The number of rotatable bonds is 3. The third kappa shape index (κ3) is 2.95. The van der Waals surface area contributed by atoms with Gasteiger partial charge in [-0.1, -0.05) is 0 Å². The van der Waals surface area contributed by atoms with Gasteiger partial charge in [-0.3, -0.25) is 9.58 Å². The third-order valence-electron chi connectivity index (χ3n) is 2.93. The van der Waals surface area contributed by atoms with E-state index in [9.17, 15) is 0 Å². The average Bonchev–Trinajstić information content (AvgIpc) is 2.69. The molecule has 1 aliphatic rings. The Hall–Kier alpha value is -0.540. The molecule has 2 heterocycles. The summed E-state index contributed by atoms with van der Waals surface area (Å²) in [6.45, 7) is 6.31. The van der Waals surface area contributed by atoms with Crippen LogP contribution in [0.5, 0.6) is 0 Å². The van der Waals surface area contributed by atoms with E-state index in [4.69, 9.17) is 11.6 Å². The third-order valence-corrected chi connectivity index (χ3v) is 3.37. The highest BCUT2D eigenvalue weighted by Gasteiger charge is 2.17. The molecule has 1 aromatic rings. The number of halogens is 1. The van der Waals surface area contributed by atoms with Crippen LogP contribution in [-0.4, -0.2) is 33.1 Å². The Balaban J connectivity index is 1.86. The Labute approximate surface area is 96.0 Å². The molecule has 0 bridgehead atoms. The second kappa shape index (κ2) is 4.99. The van der Waals surface area contributed by atoms with E-state index in [0.29, 0.717) is 5.38 Å². The first-order valence-electron chi connectivity index (χ1n) is 5.65. The lowest BCUT2D eigenvalue weighted by Gasteiger charge is -2.28. The second-order valence-corrected chi connectivity index (χ2v) is 4.77. The van der Waals surface area contributed by atoms with Crippen LogP contribution in [-0.2, 0) is 13.1 Å². The molecule has 84 valence electrons. The van der Waals surface area contributed by atoms with Gasteiger partial charge in [0.25, 0.3) is 0 Å². The molecule has 0 N–H and O–H groups in total. The van der Waals surface area contributed by atoms with Crippen molar-refractivity contribution < 1.29 is 0 Å². The van der Waals surface area contributed by atoms with E-state index in [1.165, 1.54) is 5.56 Å². The molecule has 0 aliphatic carbocycles. The molecular formula is C11H18ClN3. The van der Waals surface area contributed by atoms with Gasteiger partial charge in [-0.2, -0.15) is 5.10 Å². The molecule has 1 fully saturated rings. The standard InChI is InChI=1S/C11H18ClN3/c1-2-15-9-10(7-13-15)8-14-5-3-11(12)4-6-14/h7,9,11H,2-6,8H2,1H3. The van der Waals surface area contributed by atoms with E-state index in [-0.39, 0.29) is 0 Å². The van der Waals surface area contributed by atoms with Gasteiger partial charge < -0.3 is 0 Å². The number of hydrogen-bond acceptors (Lipinski definition) is 2. The molecule has 0 atom stereocenters. The van der Waals surface area contributed by atoms with Crippen molar-refractivity contribution in [3.63, 3.8) is 0 Å². The fraction of sp³-hybridized carbons (Fsp3) is 0.727. The van der Waals surface area contributed by atoms with Crippen LogP contribution in [0.3, 0.4) is 0 Å². The summed E-state index contributed by atoms with van der Waals surface area (Å²) in [4.78, 5) is 2.45. The Kier molecular flexibility index (Phi) is 3.65. The minimum Gasteiger partial charge on any atom is -0.299 e. The summed E-state index contributed by atoms with van der Waals surface area (Å²) in [5.74, 6) is 0. The summed E-state index contributed by atoms with van der Waals surface area (Å²) in [5.41, 5.74) is 1.31. The zero-order valence-corrected chi connectivity index (χ0v) is 9.95. The lowest BCUT2D eigenvalue weighted by Crippen LogP contribution is -2.33. The van der Waals surface area contributed by atoms with Crippen molar-refractivity contribution in [1.29, 1.82) is 0 Å². The number of hydrogen-bond donors (Lipinski definition) is 0. The largest absolute Gasteiger partial charge is 0.299 e. The number of aryl methyl sites for hydroxylation is 1. The Bertz CT molecular complexity index is 303. The van der Waals surface area contributed by atoms with Crippen LogP contribution in [0.2, 0.25) is 0 Å². The first kappa shape index (κ1) is 11.0. The number of alkyl halides is 1. The van der Waals surface area contributed by atoms with Crippen molar-refractivity contribution >= 4 is 11.6 Å². The molecule has 15 heavy (non-hydrogen) atoms. The van der Waals surface area contributed by atoms with Gasteiger partial charge in [0.2, 0.25) is 0 Å². The summed E-state index contributed by atoms with van der Waals surface area (Å²) in [6.07, 6.45) is 6.33. The van der Waals surface area contributed by atoms with E-state index in [2.05, 4.69) is 23.1 Å². The van der Waals surface area contributed by atoms with Gasteiger partial charge in [0, 0.05) is 30.2 Å². The minimum absolute atomic E-state index is 0.389. The molecule has 1 aliphatic heterocycles. The number of nitrogens with zero attached hydrogens (tertiary/aromatic N) is 3. The van der Waals surface area contributed by atoms with E-state index < -0.39 is 0 Å². The molecule has 2 rings (SSSR count). The van der Waals surface area contributed by atoms with Gasteiger partial charge in [-0.25, -0.2) is 0 Å².